The normalized spacial score (nSPS) is 17.5. The summed E-state index contributed by atoms with van der Waals surface area (Å²) in [5.74, 6) is -0.420. The van der Waals surface area contributed by atoms with Gasteiger partial charge >= 0.3 is 5.97 Å². The first-order valence-electron chi connectivity index (χ1n) is 14.8. The van der Waals surface area contributed by atoms with E-state index in [0.717, 1.165) is 72.8 Å². The van der Waals surface area contributed by atoms with Crippen molar-refractivity contribution in [3.8, 4) is 11.8 Å². The third-order valence-corrected chi connectivity index (χ3v) is 8.96. The van der Waals surface area contributed by atoms with Crippen LogP contribution in [0.15, 0.2) is 71.7 Å². The van der Waals surface area contributed by atoms with E-state index in [1.165, 1.54) is 16.7 Å². The molecule has 0 spiro atoms. The second-order valence-electron chi connectivity index (χ2n) is 11.6. The number of nitriles is 1. The van der Waals surface area contributed by atoms with Gasteiger partial charge in [0.15, 0.2) is 0 Å². The van der Waals surface area contributed by atoms with Crippen LogP contribution in [0.25, 0.3) is 27.5 Å². The van der Waals surface area contributed by atoms with Gasteiger partial charge in [-0.3, -0.25) is 14.3 Å². The van der Waals surface area contributed by atoms with Gasteiger partial charge in [0.2, 0.25) is 0 Å². The summed E-state index contributed by atoms with van der Waals surface area (Å²) in [6.45, 7) is 3.73. The number of halogens is 1. The predicted molar refractivity (Wildman–Crippen MR) is 163 cm³/mol. The lowest BCUT2D eigenvalue weighted by atomic mass is 9.86. The Morgan fingerprint density at radius 2 is 1.89 bits per heavy atom. The van der Waals surface area contributed by atoms with E-state index in [9.17, 15) is 19.1 Å². The molecule has 2 saturated heterocycles. The highest BCUT2D eigenvalue weighted by Crippen LogP contribution is 2.33. The second kappa shape index (κ2) is 11.3. The van der Waals surface area contributed by atoms with E-state index in [1.54, 1.807) is 30.5 Å². The summed E-state index contributed by atoms with van der Waals surface area (Å²) in [5.41, 5.74) is 2.96. The number of piperidine rings is 1. The molecular weight excluding hydrogens is 561 g/mol. The van der Waals surface area contributed by atoms with Crippen LogP contribution in [0.3, 0.4) is 0 Å². The number of carboxylic acid groups (broad SMARTS) is 1. The summed E-state index contributed by atoms with van der Waals surface area (Å²) in [6, 6.07) is 18.7. The van der Waals surface area contributed by atoms with Crippen LogP contribution in [-0.2, 0) is 17.8 Å². The Labute approximate surface area is 252 Å². The first-order valence-corrected chi connectivity index (χ1v) is 14.8. The number of benzene rings is 3. The number of carboxylic acids is 1. The molecule has 9 nitrogen and oxygen atoms in total. The van der Waals surface area contributed by atoms with Gasteiger partial charge in [-0.25, -0.2) is 14.2 Å². The number of pyridine rings is 1. The topological polar surface area (TPSA) is 113 Å². The molecule has 222 valence electrons. The van der Waals surface area contributed by atoms with Gasteiger partial charge in [-0.15, -0.1) is 0 Å². The van der Waals surface area contributed by atoms with Crippen molar-refractivity contribution in [3.63, 3.8) is 0 Å². The van der Waals surface area contributed by atoms with E-state index in [1.807, 2.05) is 18.2 Å². The number of imidazole rings is 1. The number of likely N-dealkylation sites (tertiary alicyclic amines) is 1. The number of carbonyl (C=O) groups is 1. The molecule has 44 heavy (non-hydrogen) atoms. The van der Waals surface area contributed by atoms with Crippen LogP contribution in [-0.4, -0.2) is 55.9 Å². The van der Waals surface area contributed by atoms with Crippen molar-refractivity contribution in [3.05, 3.63) is 106 Å². The fourth-order valence-corrected chi connectivity index (χ4v) is 6.48. The average Bonchev–Trinajstić information content (AvgIpc) is 3.35. The highest BCUT2D eigenvalue weighted by atomic mass is 19.1. The van der Waals surface area contributed by atoms with Crippen LogP contribution in [0.2, 0.25) is 0 Å². The quantitative estimate of drug-likeness (QED) is 0.276. The number of aromatic nitrogens is 3. The van der Waals surface area contributed by atoms with Gasteiger partial charge in [0.1, 0.15) is 11.6 Å². The molecule has 1 N–H and O–H groups in total. The van der Waals surface area contributed by atoms with Crippen molar-refractivity contribution in [2.75, 3.05) is 19.7 Å². The Kier molecular flexibility index (Phi) is 7.20. The second-order valence-corrected chi connectivity index (χ2v) is 11.6. The molecule has 10 heteroatoms. The van der Waals surface area contributed by atoms with Crippen molar-refractivity contribution in [1.82, 2.24) is 19.0 Å². The molecule has 0 aliphatic carbocycles. The van der Waals surface area contributed by atoms with Gasteiger partial charge in [-0.2, -0.15) is 5.26 Å². The minimum atomic E-state index is -0.961. The Bertz CT molecular complexity index is 2010. The highest BCUT2D eigenvalue weighted by Gasteiger charge is 2.26. The number of aromatic carboxylic acids is 1. The number of hydrogen-bond acceptors (Lipinski definition) is 6. The van der Waals surface area contributed by atoms with Crippen LogP contribution >= 0.6 is 0 Å². The summed E-state index contributed by atoms with van der Waals surface area (Å²) >= 11 is 0. The maximum atomic E-state index is 14.7. The summed E-state index contributed by atoms with van der Waals surface area (Å²) in [7, 11) is 0. The van der Waals surface area contributed by atoms with Crippen LogP contribution < -0.4 is 5.56 Å². The van der Waals surface area contributed by atoms with Gasteiger partial charge in [0.25, 0.3) is 5.56 Å². The van der Waals surface area contributed by atoms with Gasteiger partial charge < -0.3 is 14.4 Å². The van der Waals surface area contributed by atoms with Crippen LogP contribution in [0.4, 0.5) is 4.39 Å². The summed E-state index contributed by atoms with van der Waals surface area (Å²) in [4.78, 5) is 32.4. The fraction of sp³-hybridized carbons (Fsp3) is 0.294. The molecule has 7 rings (SSSR count). The third-order valence-electron chi connectivity index (χ3n) is 8.96. The van der Waals surface area contributed by atoms with Crippen LogP contribution in [0, 0.1) is 17.1 Å². The minimum Gasteiger partial charge on any atom is -0.478 e. The minimum absolute atomic E-state index is 0.106. The van der Waals surface area contributed by atoms with Crippen LogP contribution in [0.5, 0.6) is 0 Å². The Hall–Kier alpha value is -4.85. The maximum Gasteiger partial charge on any atom is 0.335 e. The molecule has 0 amide bonds. The zero-order valence-electron chi connectivity index (χ0n) is 23.9. The van der Waals surface area contributed by atoms with Crippen molar-refractivity contribution in [1.29, 1.82) is 5.26 Å². The molecule has 0 bridgehead atoms. The Morgan fingerprint density at radius 3 is 2.59 bits per heavy atom. The molecule has 1 atom stereocenters. The maximum absolute atomic E-state index is 14.7. The number of hydrogen-bond donors (Lipinski definition) is 1. The van der Waals surface area contributed by atoms with Gasteiger partial charge in [0.05, 0.1) is 53.1 Å². The van der Waals surface area contributed by atoms with E-state index in [4.69, 9.17) is 15.0 Å². The molecule has 0 radical (unpaired) electrons. The molecule has 2 aromatic heterocycles. The first-order chi connectivity index (χ1) is 21.4. The molecule has 2 aliphatic rings. The molecule has 5 aromatic rings. The van der Waals surface area contributed by atoms with Gasteiger partial charge in [-0.1, -0.05) is 12.1 Å². The third kappa shape index (κ3) is 5.04. The Balaban J connectivity index is 1.11. The zero-order valence-corrected chi connectivity index (χ0v) is 23.9. The summed E-state index contributed by atoms with van der Waals surface area (Å²) in [5, 5.41) is 20.0. The highest BCUT2D eigenvalue weighted by molar-refractivity contribution is 5.92. The van der Waals surface area contributed by atoms with Crippen LogP contribution in [0.1, 0.15) is 52.5 Å². The SMILES string of the molecule is N#Cc1ccc(-n2ccc3c(C4CCN(Cc5nc6ccc(C(=O)O)cc6n5CC5CCO5)CC4)cccc3c2=O)c(F)c1. The smallest absolute Gasteiger partial charge is 0.335 e. The molecular formula is C34H30FN5O4. The lowest BCUT2D eigenvalue weighted by Crippen LogP contribution is -2.35. The predicted octanol–water partition coefficient (Wildman–Crippen LogP) is 5.22. The lowest BCUT2D eigenvalue weighted by molar-refractivity contribution is -0.0592. The monoisotopic (exact) mass is 591 g/mol. The number of rotatable bonds is 7. The molecule has 0 saturated carbocycles. The van der Waals surface area contributed by atoms with Crippen molar-refractivity contribution < 1.29 is 19.0 Å². The van der Waals surface area contributed by atoms with E-state index in [0.29, 0.717) is 18.5 Å². The summed E-state index contributed by atoms with van der Waals surface area (Å²) in [6.07, 6.45) is 4.50. The Morgan fingerprint density at radius 1 is 1.07 bits per heavy atom. The molecule has 1 unspecified atom stereocenters. The average molecular weight is 592 g/mol. The van der Waals surface area contributed by atoms with E-state index >= 15 is 0 Å². The summed E-state index contributed by atoms with van der Waals surface area (Å²) < 4.78 is 23.8. The van der Waals surface area contributed by atoms with E-state index < -0.39 is 11.8 Å². The number of fused-ring (bicyclic) bond motifs is 2. The van der Waals surface area contributed by atoms with E-state index in [2.05, 4.69) is 15.5 Å². The number of ether oxygens (including phenoxy) is 1. The molecule has 2 aliphatic heterocycles. The molecule has 2 fully saturated rings. The standard InChI is InChI=1S/C34H30FN5O4/c35-28-16-21(18-36)4-7-30(28)39-14-10-26-25(2-1-3-27(26)33(39)41)22-8-12-38(13-9-22)20-32-37-29-6-5-23(34(42)43)17-31(29)40(32)19-24-11-15-44-24/h1-7,10,14,16-17,22,24H,8-9,11-13,15,19-20H2,(H,42,43). The fourth-order valence-electron chi connectivity index (χ4n) is 6.48. The molecule has 4 heterocycles. The molecule has 3 aromatic carbocycles. The largest absolute Gasteiger partial charge is 0.478 e. The first kappa shape index (κ1) is 28.0. The number of nitrogens with zero attached hydrogens (tertiary/aromatic N) is 5. The van der Waals surface area contributed by atoms with Gasteiger partial charge in [-0.05, 0) is 97.8 Å². The van der Waals surface area contributed by atoms with Crippen molar-refractivity contribution in [2.45, 2.75) is 44.4 Å². The lowest BCUT2D eigenvalue weighted by Gasteiger charge is -2.33. The van der Waals surface area contributed by atoms with Crippen molar-refractivity contribution >= 4 is 27.8 Å². The zero-order chi connectivity index (χ0) is 30.4. The van der Waals surface area contributed by atoms with Crippen molar-refractivity contribution in [2.24, 2.45) is 0 Å². The van der Waals surface area contributed by atoms with Gasteiger partial charge in [0, 0.05) is 18.2 Å². The van der Waals surface area contributed by atoms with E-state index in [-0.39, 0.29) is 34.4 Å².